The van der Waals surface area contributed by atoms with Gasteiger partial charge in [0.15, 0.2) is 11.6 Å². The summed E-state index contributed by atoms with van der Waals surface area (Å²) < 4.78 is 36.7. The molecule has 4 amide bonds. The van der Waals surface area contributed by atoms with Gasteiger partial charge in [0.05, 0.1) is 117 Å². The van der Waals surface area contributed by atoms with Gasteiger partial charge in [-0.05, 0) is 111 Å². The van der Waals surface area contributed by atoms with Crippen LogP contribution in [0.2, 0.25) is 0 Å². The number of ether oxygens (including phenoxy) is 8. The third kappa shape index (κ3) is 29.6. The van der Waals surface area contributed by atoms with E-state index in [1.807, 2.05) is 40.2 Å². The van der Waals surface area contributed by atoms with E-state index in [0.29, 0.717) is 51.1 Å². The number of likely N-dealkylation sites (tertiary alicyclic amines) is 2. The molecule has 0 saturated carbocycles. The average molecular weight is 1480 g/mol. The smallest absolute Gasteiger partial charge is 0.410 e. The molecule has 0 atom stereocenters. The molecule has 586 valence electrons. The number of carbonyl (C=O) groups excluding carboxylic acids is 10. The fourth-order valence-electron chi connectivity index (χ4n) is 9.31. The van der Waals surface area contributed by atoms with Gasteiger partial charge in [-0.2, -0.15) is 5.26 Å². The predicted molar refractivity (Wildman–Crippen MR) is 376 cm³/mol. The summed E-state index contributed by atoms with van der Waals surface area (Å²) in [4.78, 5) is 158. The van der Waals surface area contributed by atoms with Gasteiger partial charge in [0, 0.05) is 95.0 Å². The van der Waals surface area contributed by atoms with Crippen molar-refractivity contribution in [1.29, 1.82) is 5.26 Å². The van der Waals surface area contributed by atoms with Gasteiger partial charge in [-0.15, -0.1) is 0 Å². The van der Waals surface area contributed by atoms with Crippen molar-refractivity contribution >= 4 is 71.8 Å². The van der Waals surface area contributed by atoms with Crippen LogP contribution in [-0.4, -0.2) is 263 Å². The summed E-state index contributed by atoms with van der Waals surface area (Å²) in [6.45, 7) is 30.4. The van der Waals surface area contributed by atoms with Crippen LogP contribution in [0.15, 0.2) is 36.8 Å². The zero-order chi connectivity index (χ0) is 81.3. The van der Waals surface area contributed by atoms with E-state index < -0.39 is 80.9 Å². The normalized spacial score (nSPS) is 15.5. The summed E-state index contributed by atoms with van der Waals surface area (Å²) in [7, 11) is 14.0. The van der Waals surface area contributed by atoms with Crippen LogP contribution in [-0.2, 0) is 100 Å². The van der Waals surface area contributed by atoms with Gasteiger partial charge in [0.1, 0.15) is 40.3 Å². The average Bonchev–Trinajstić information content (AvgIpc) is 1.60. The molecule has 6 rings (SSSR count). The summed E-state index contributed by atoms with van der Waals surface area (Å²) >= 11 is 0. The second-order valence-electron chi connectivity index (χ2n) is 27.5. The molecule has 36 nitrogen and oxygen atoms in total. The number of aliphatic carboxylic acids is 2. The van der Waals surface area contributed by atoms with Crippen molar-refractivity contribution in [3.8, 4) is 6.07 Å². The minimum absolute atomic E-state index is 0.00144. The highest BCUT2D eigenvalue weighted by molar-refractivity contribution is 6.07. The molecule has 0 unspecified atom stereocenters. The van der Waals surface area contributed by atoms with E-state index in [2.05, 4.69) is 82.9 Å². The Bertz CT molecular complexity index is 3320. The number of hydrogen-bond donors (Lipinski definition) is 6. The van der Waals surface area contributed by atoms with E-state index in [1.54, 1.807) is 83.9 Å². The summed E-state index contributed by atoms with van der Waals surface area (Å²) in [5.74, 6) is -3.58. The topological polar surface area (TPSA) is 473 Å². The van der Waals surface area contributed by atoms with Gasteiger partial charge in [-0.1, -0.05) is 0 Å². The maximum absolute atomic E-state index is 12.0. The van der Waals surface area contributed by atoms with Crippen LogP contribution in [0, 0.1) is 11.3 Å². The van der Waals surface area contributed by atoms with Crippen molar-refractivity contribution in [3.63, 3.8) is 0 Å². The van der Waals surface area contributed by atoms with E-state index >= 15 is 0 Å². The maximum atomic E-state index is 12.0. The first kappa shape index (κ1) is 96.3. The summed E-state index contributed by atoms with van der Waals surface area (Å²) in [5, 5.41) is 33.9. The second-order valence-corrected chi connectivity index (χ2v) is 27.5. The van der Waals surface area contributed by atoms with Crippen LogP contribution in [0.1, 0.15) is 159 Å². The molecule has 0 bridgehead atoms. The highest BCUT2D eigenvalue weighted by atomic mass is 16.6. The van der Waals surface area contributed by atoms with E-state index in [9.17, 15) is 57.5 Å². The molecular formula is C68H112N14O22. The molecule has 104 heavy (non-hydrogen) atoms. The fraction of sp³-hybridized carbons (Fsp3) is 0.662. The molecule has 0 radical (unpaired) electrons. The van der Waals surface area contributed by atoms with Crippen molar-refractivity contribution in [1.82, 2.24) is 60.4 Å². The Labute approximate surface area is 609 Å². The number of ketones is 2. The van der Waals surface area contributed by atoms with Gasteiger partial charge in [-0.25, -0.2) is 43.9 Å². The quantitative estimate of drug-likeness (QED) is 0.0579. The molecule has 2 aromatic heterocycles. The number of fused-ring (bicyclic) bond motifs is 2. The number of esters is 4. The number of nitrogens with one attached hydrogen (secondary N) is 3. The molecule has 2 aromatic rings. The van der Waals surface area contributed by atoms with E-state index in [1.165, 1.54) is 106 Å². The number of carboxylic acid groups (broad SMARTS) is 2. The largest absolute Gasteiger partial charge is 0.480 e. The van der Waals surface area contributed by atoms with Crippen LogP contribution in [0.5, 0.6) is 0 Å². The van der Waals surface area contributed by atoms with E-state index in [0.717, 1.165) is 28.4 Å². The highest BCUT2D eigenvalue weighted by Gasteiger charge is 2.48. The van der Waals surface area contributed by atoms with Crippen LogP contribution >= 0.6 is 0 Å². The third-order valence-electron chi connectivity index (χ3n) is 16.1. The number of nitrogens with zero attached hydrogens (tertiary/aromatic N) is 10. The minimum Gasteiger partial charge on any atom is -0.480 e. The molecule has 0 spiro atoms. The monoisotopic (exact) mass is 1480 g/mol. The van der Waals surface area contributed by atoms with Crippen molar-refractivity contribution in [3.05, 3.63) is 59.3 Å². The Balaban J connectivity index is 0. The van der Waals surface area contributed by atoms with Crippen LogP contribution in [0.4, 0.5) is 19.2 Å². The maximum Gasteiger partial charge on any atom is 0.410 e. The van der Waals surface area contributed by atoms with Crippen molar-refractivity contribution in [2.75, 3.05) is 104 Å². The van der Waals surface area contributed by atoms with Gasteiger partial charge in [0.25, 0.3) is 0 Å². The Kier molecular flexibility index (Phi) is 39.6. The number of carbonyl (C=O) groups is 12. The Morgan fingerprint density at radius 1 is 0.615 bits per heavy atom. The molecule has 0 aliphatic carbocycles. The standard InChI is InChI=1S/C11H18N2O3.C11H19NO6.C10H13N3O2.C9H17NO4.C8H11N3.C8H13NO3.C7H12N2O2.C4H9NO2/c1-11(2)9(14)8(6-12(3)4)7-13(11)10(15)16-5;1-11(2,9(14)17-4)12(10(15)18-5)7-6-8(13)16-3;1-10(2)8-7(4-11-6-12-8)5-13(10)9(14)15-3;1-9(2,8(12)14-4)10-6-5-7(11)13-3;1-8(2)7-6(4-11-8)3-9-5-10-7;1-8(2)6(10)4-5-9(8)7(11)12-3;1-7(2,6(10)11)9-5-3-4-8;1-4(2,5)3(6)7/h6H,7H2,1-5H3;6-7H2,1-5H3;4,6H,5H2,1-3H3;10H,5-6H2,1-4H3;3,5,11H,4H2,1-2H3;4-5H2,1-3H3;9H,3,5H2,1-2H3,(H,10,11);5H2,1-2H3,(H,6,7)/b8-6+;;;;;;;. The Morgan fingerprint density at radius 2 is 1.08 bits per heavy atom. The molecule has 4 aliphatic rings. The fourth-order valence-corrected chi connectivity index (χ4v) is 9.31. The lowest BCUT2D eigenvalue weighted by atomic mass is 9.99. The van der Waals surface area contributed by atoms with Gasteiger partial charge in [0.2, 0.25) is 0 Å². The molecule has 2 fully saturated rings. The zero-order valence-corrected chi connectivity index (χ0v) is 65.3. The number of hydrogen-bond acceptors (Lipinski definition) is 30. The van der Waals surface area contributed by atoms with Crippen LogP contribution in [0.3, 0.4) is 0 Å². The zero-order valence-electron chi connectivity index (χ0n) is 65.3. The predicted octanol–water partition coefficient (Wildman–Crippen LogP) is 4.60. The van der Waals surface area contributed by atoms with Crippen LogP contribution in [0.25, 0.3) is 0 Å². The number of carboxylic acids is 2. The first-order valence-electron chi connectivity index (χ1n) is 32.4. The number of methoxy groups -OCH3 is 8. The number of rotatable bonds is 16. The summed E-state index contributed by atoms with van der Waals surface area (Å²) in [5.41, 5.74) is 4.00. The molecule has 7 N–H and O–H groups in total. The lowest BCUT2D eigenvalue weighted by Crippen LogP contribution is -2.54. The van der Waals surface area contributed by atoms with E-state index in [-0.39, 0.29) is 54.5 Å². The van der Waals surface area contributed by atoms with Crippen LogP contribution < -0.4 is 21.7 Å². The summed E-state index contributed by atoms with van der Waals surface area (Å²) in [6, 6.07) is 1.92. The lowest BCUT2D eigenvalue weighted by Gasteiger charge is -2.34. The number of amides is 4. The number of nitrogens with two attached hydrogens (primary N) is 1. The molecule has 0 aromatic carbocycles. The van der Waals surface area contributed by atoms with E-state index in [4.69, 9.17) is 25.9 Å². The van der Waals surface area contributed by atoms with Crippen molar-refractivity contribution in [2.24, 2.45) is 5.73 Å². The highest BCUT2D eigenvalue weighted by Crippen LogP contribution is 2.37. The first-order valence-corrected chi connectivity index (χ1v) is 32.4. The second kappa shape index (κ2) is 42.8. The van der Waals surface area contributed by atoms with Gasteiger partial charge < -0.3 is 74.7 Å². The Morgan fingerprint density at radius 3 is 1.48 bits per heavy atom. The molecule has 4 aliphatic heterocycles. The molecule has 6 heterocycles. The molecule has 2 saturated heterocycles. The minimum atomic E-state index is -1.23. The van der Waals surface area contributed by atoms with Crippen molar-refractivity contribution in [2.45, 2.75) is 194 Å². The lowest BCUT2D eigenvalue weighted by molar-refractivity contribution is -0.153. The SMILES string of the molecule is CC(C)(N)C(=O)O.CC(C)(NCCC#N)C(=O)O.CC1(C)NCc2cncnc21.COC(=O)CCN(C(=O)OC)C(C)(C)C(=O)OC.COC(=O)CCNC(C)(C)C(=O)OC.COC(=O)N1C/C(=C\N(C)C)C(=O)C1(C)C.COC(=O)N1CCC(=O)C1(C)C.COC(=O)N1Cc2cncnc2C1(C)C. The molecule has 36 heteroatoms. The number of aromatic nitrogens is 4. The van der Waals surface area contributed by atoms with Gasteiger partial charge >= 0.3 is 60.2 Å². The molecular weight excluding hydrogens is 1360 g/mol. The third-order valence-corrected chi connectivity index (χ3v) is 16.1. The first-order chi connectivity index (χ1) is 47.8. The number of nitriles is 1. The van der Waals surface area contributed by atoms with Crippen molar-refractivity contribution < 1.29 is 106 Å². The number of Topliss-reactive ketones (excluding diaryl/α,β-unsaturated/α-hetero) is 2. The Hall–Kier alpha value is -9.73. The summed E-state index contributed by atoms with van der Waals surface area (Å²) in [6.07, 6.45) is 7.49. The van der Waals surface area contributed by atoms with Gasteiger partial charge in [-0.3, -0.25) is 53.2 Å².